The molecule has 2 rings (SSSR count). The van der Waals surface area contributed by atoms with E-state index in [9.17, 15) is 14.4 Å². The fraction of sp³-hybridized carbons (Fsp3) is 0.526. The molecule has 0 radical (unpaired) electrons. The Bertz CT molecular complexity index is 694. The quantitative estimate of drug-likeness (QED) is 0.787. The highest BCUT2D eigenvalue weighted by Gasteiger charge is 2.30. The summed E-state index contributed by atoms with van der Waals surface area (Å²) < 4.78 is 10.4. The molecule has 1 aromatic rings. The highest BCUT2D eigenvalue weighted by molar-refractivity contribution is 6.30. The summed E-state index contributed by atoms with van der Waals surface area (Å²) >= 11 is 5.85. The van der Waals surface area contributed by atoms with Crippen LogP contribution in [-0.2, 0) is 19.1 Å². The molecule has 148 valence electrons. The van der Waals surface area contributed by atoms with Crippen LogP contribution in [0.2, 0.25) is 5.02 Å². The van der Waals surface area contributed by atoms with Gasteiger partial charge in [0.15, 0.2) is 6.61 Å². The first-order valence-corrected chi connectivity index (χ1v) is 9.22. The molecular formula is C19H25ClN2O5. The second-order valence-electron chi connectivity index (χ2n) is 7.41. The van der Waals surface area contributed by atoms with Crippen LogP contribution in [0, 0.1) is 5.92 Å². The van der Waals surface area contributed by atoms with Crippen LogP contribution in [0.1, 0.15) is 33.6 Å². The van der Waals surface area contributed by atoms with Crippen molar-refractivity contribution in [3.8, 4) is 0 Å². The minimum Gasteiger partial charge on any atom is -0.455 e. The first-order valence-electron chi connectivity index (χ1n) is 8.84. The second-order valence-corrected chi connectivity index (χ2v) is 7.84. The number of ether oxygens (including phenoxy) is 2. The van der Waals surface area contributed by atoms with Gasteiger partial charge >= 0.3 is 12.1 Å². The molecule has 8 heteroatoms. The smallest absolute Gasteiger partial charge is 0.410 e. The van der Waals surface area contributed by atoms with Gasteiger partial charge in [-0.15, -0.1) is 0 Å². The molecule has 27 heavy (non-hydrogen) atoms. The van der Waals surface area contributed by atoms with Gasteiger partial charge in [0.25, 0.3) is 5.91 Å². The molecule has 1 N–H and O–H groups in total. The number of hydrogen-bond acceptors (Lipinski definition) is 5. The summed E-state index contributed by atoms with van der Waals surface area (Å²) in [6.45, 7) is 5.90. The second kappa shape index (κ2) is 9.08. The summed E-state index contributed by atoms with van der Waals surface area (Å²) in [6, 6.07) is 6.70. The predicted molar refractivity (Wildman–Crippen MR) is 102 cm³/mol. The highest BCUT2D eigenvalue weighted by Crippen LogP contribution is 2.21. The number of halogens is 1. The molecule has 7 nitrogen and oxygen atoms in total. The van der Waals surface area contributed by atoms with E-state index in [1.807, 2.05) is 20.8 Å². The normalized spacial score (nSPS) is 15.2. The van der Waals surface area contributed by atoms with E-state index in [1.54, 1.807) is 29.2 Å². The van der Waals surface area contributed by atoms with Crippen molar-refractivity contribution in [3.05, 3.63) is 29.3 Å². The van der Waals surface area contributed by atoms with E-state index in [-0.39, 0.29) is 18.6 Å². The van der Waals surface area contributed by atoms with Crippen LogP contribution >= 0.6 is 11.6 Å². The van der Waals surface area contributed by atoms with Crippen LogP contribution in [0.15, 0.2) is 24.3 Å². The molecule has 1 aliphatic rings. The molecule has 1 aromatic carbocycles. The zero-order valence-electron chi connectivity index (χ0n) is 15.8. The third-order valence-electron chi connectivity index (χ3n) is 3.93. The standard InChI is InChI=1S/C19H25ClN2O5/c1-19(2,3)27-18(25)22-9-7-13(8-10-22)17(24)26-12-16(23)21-15-6-4-5-14(20)11-15/h4-6,11,13H,7-10,12H2,1-3H3,(H,21,23). The van der Waals surface area contributed by atoms with E-state index in [1.165, 1.54) is 0 Å². The van der Waals surface area contributed by atoms with Gasteiger partial charge in [0.05, 0.1) is 5.92 Å². The molecular weight excluding hydrogens is 372 g/mol. The fourth-order valence-corrected chi connectivity index (χ4v) is 2.83. The number of nitrogens with one attached hydrogen (secondary N) is 1. The van der Waals surface area contributed by atoms with Crippen LogP contribution in [0.4, 0.5) is 10.5 Å². The fourth-order valence-electron chi connectivity index (χ4n) is 2.64. The largest absolute Gasteiger partial charge is 0.455 e. The lowest BCUT2D eigenvalue weighted by Gasteiger charge is -2.32. The molecule has 1 saturated heterocycles. The van der Waals surface area contributed by atoms with E-state index in [4.69, 9.17) is 21.1 Å². The number of amides is 2. The number of hydrogen-bond donors (Lipinski definition) is 1. The van der Waals surface area contributed by atoms with Crippen LogP contribution in [0.25, 0.3) is 0 Å². The Kier molecular flexibility index (Phi) is 7.07. The summed E-state index contributed by atoms with van der Waals surface area (Å²) in [5, 5.41) is 3.12. The van der Waals surface area contributed by atoms with E-state index < -0.39 is 17.5 Å². The van der Waals surface area contributed by atoms with Crippen molar-refractivity contribution < 1.29 is 23.9 Å². The van der Waals surface area contributed by atoms with Gasteiger partial charge in [-0.1, -0.05) is 17.7 Å². The lowest BCUT2D eigenvalue weighted by molar-refractivity contribution is -0.153. The zero-order chi connectivity index (χ0) is 20.0. The van der Waals surface area contributed by atoms with Gasteiger partial charge < -0.3 is 19.7 Å². The Morgan fingerprint density at radius 3 is 2.48 bits per heavy atom. The Morgan fingerprint density at radius 1 is 1.22 bits per heavy atom. The molecule has 0 saturated carbocycles. The van der Waals surface area contributed by atoms with Crippen LogP contribution in [-0.4, -0.2) is 48.2 Å². The Hall–Kier alpha value is -2.28. The number of piperidine rings is 1. The van der Waals surface area contributed by atoms with Crippen molar-refractivity contribution in [2.75, 3.05) is 25.0 Å². The molecule has 0 atom stereocenters. The van der Waals surface area contributed by atoms with E-state index in [2.05, 4.69) is 5.32 Å². The van der Waals surface area contributed by atoms with Gasteiger partial charge in [-0.25, -0.2) is 4.79 Å². The first-order chi connectivity index (χ1) is 12.6. The number of nitrogens with zero attached hydrogens (tertiary/aromatic N) is 1. The summed E-state index contributed by atoms with van der Waals surface area (Å²) in [5.41, 5.74) is -0.0161. The van der Waals surface area contributed by atoms with Crippen molar-refractivity contribution in [1.29, 1.82) is 0 Å². The van der Waals surface area contributed by atoms with Gasteiger partial charge in [0, 0.05) is 23.8 Å². The van der Waals surface area contributed by atoms with E-state index >= 15 is 0 Å². The van der Waals surface area contributed by atoms with Crippen LogP contribution in [0.5, 0.6) is 0 Å². The van der Waals surface area contributed by atoms with Crippen molar-refractivity contribution in [2.45, 2.75) is 39.2 Å². The molecule has 0 unspecified atom stereocenters. The summed E-state index contributed by atoms with van der Waals surface area (Å²) in [5.74, 6) is -1.19. The minimum absolute atomic E-state index is 0.331. The SMILES string of the molecule is CC(C)(C)OC(=O)N1CCC(C(=O)OCC(=O)Nc2cccc(Cl)c2)CC1. The maximum Gasteiger partial charge on any atom is 0.410 e. The summed E-state index contributed by atoms with van der Waals surface area (Å²) in [7, 11) is 0. The van der Waals surface area contributed by atoms with E-state index in [0.29, 0.717) is 36.6 Å². The van der Waals surface area contributed by atoms with Crippen LogP contribution in [0.3, 0.4) is 0 Å². The topological polar surface area (TPSA) is 84.9 Å². The molecule has 0 spiro atoms. The van der Waals surface area contributed by atoms with Crippen molar-refractivity contribution in [3.63, 3.8) is 0 Å². The predicted octanol–water partition coefficient (Wildman–Crippen LogP) is 3.47. The number of rotatable bonds is 4. The number of carbonyl (C=O) groups excluding carboxylic acids is 3. The lowest BCUT2D eigenvalue weighted by Crippen LogP contribution is -2.43. The number of anilines is 1. The lowest BCUT2D eigenvalue weighted by atomic mass is 9.97. The van der Waals surface area contributed by atoms with Crippen molar-refractivity contribution >= 4 is 35.3 Å². The Labute approximate surface area is 163 Å². The van der Waals surface area contributed by atoms with Crippen molar-refractivity contribution in [2.24, 2.45) is 5.92 Å². The van der Waals surface area contributed by atoms with Gasteiger partial charge in [-0.05, 0) is 51.8 Å². The van der Waals surface area contributed by atoms with Gasteiger partial charge in [-0.3, -0.25) is 9.59 Å². The first kappa shape index (κ1) is 21.0. The molecule has 0 aliphatic carbocycles. The highest BCUT2D eigenvalue weighted by atomic mass is 35.5. The van der Waals surface area contributed by atoms with Crippen molar-refractivity contribution in [1.82, 2.24) is 4.90 Å². The molecule has 1 heterocycles. The maximum absolute atomic E-state index is 12.2. The van der Waals surface area contributed by atoms with Crippen LogP contribution < -0.4 is 5.32 Å². The number of likely N-dealkylation sites (tertiary alicyclic amines) is 1. The number of esters is 1. The third kappa shape index (κ3) is 7.09. The Morgan fingerprint density at radius 2 is 1.89 bits per heavy atom. The number of benzene rings is 1. The van der Waals surface area contributed by atoms with E-state index in [0.717, 1.165) is 0 Å². The maximum atomic E-state index is 12.2. The monoisotopic (exact) mass is 396 g/mol. The minimum atomic E-state index is -0.552. The molecule has 0 aromatic heterocycles. The molecule has 0 bridgehead atoms. The average Bonchev–Trinajstić information content (AvgIpc) is 2.58. The molecule has 2 amide bonds. The van der Waals surface area contributed by atoms with Gasteiger partial charge in [-0.2, -0.15) is 0 Å². The Balaban J connectivity index is 1.73. The molecule has 1 fully saturated rings. The third-order valence-corrected chi connectivity index (χ3v) is 4.17. The summed E-state index contributed by atoms with van der Waals surface area (Å²) in [6.07, 6.45) is 0.581. The van der Waals surface area contributed by atoms with Gasteiger partial charge in [0.1, 0.15) is 5.60 Å². The number of carbonyl (C=O) groups is 3. The van der Waals surface area contributed by atoms with Gasteiger partial charge in [0.2, 0.25) is 0 Å². The summed E-state index contributed by atoms with van der Waals surface area (Å²) in [4.78, 5) is 37.7. The zero-order valence-corrected chi connectivity index (χ0v) is 16.5. The average molecular weight is 397 g/mol. The molecule has 1 aliphatic heterocycles.